The van der Waals surface area contributed by atoms with Crippen LogP contribution in [0.4, 0.5) is 13.2 Å². The molecule has 2 heterocycles. The van der Waals surface area contributed by atoms with Crippen molar-refractivity contribution in [1.82, 2.24) is 20.1 Å². The Morgan fingerprint density at radius 3 is 2.59 bits per heavy atom. The predicted molar refractivity (Wildman–Crippen MR) is 147 cm³/mol. The summed E-state index contributed by atoms with van der Waals surface area (Å²) < 4.78 is 43.9. The first-order chi connectivity index (χ1) is 19.7. The molecule has 4 aromatic rings. The summed E-state index contributed by atoms with van der Waals surface area (Å²) in [6.07, 6.45) is 0.269. The Morgan fingerprint density at radius 2 is 1.83 bits per heavy atom. The summed E-state index contributed by atoms with van der Waals surface area (Å²) in [7, 11) is 0. The number of carbonyl (C=O) groups excluding carboxylic acids is 2. The molecule has 2 aromatic heterocycles. The Morgan fingerprint density at radius 1 is 1.02 bits per heavy atom. The summed E-state index contributed by atoms with van der Waals surface area (Å²) in [4.78, 5) is 28.2. The number of halogens is 4. The average Bonchev–Trinajstić information content (AvgIpc) is 3.33. The second-order valence-electron chi connectivity index (χ2n) is 9.67. The van der Waals surface area contributed by atoms with Crippen LogP contribution < -0.4 is 5.32 Å². The minimum absolute atomic E-state index is 0.125. The topological polar surface area (TPSA) is 86.1 Å². The molecule has 1 aliphatic carbocycles. The van der Waals surface area contributed by atoms with Crippen molar-refractivity contribution in [3.63, 3.8) is 0 Å². The maximum atomic E-state index is 12.8. The van der Waals surface area contributed by atoms with Crippen LogP contribution in [0.15, 0.2) is 67.0 Å². The summed E-state index contributed by atoms with van der Waals surface area (Å²) in [6, 6.07) is 17.7. The number of alkyl halides is 3. The molecule has 7 nitrogen and oxygen atoms in total. The molecular formula is C30H26ClF3N4O3. The molecule has 41 heavy (non-hydrogen) atoms. The SMILES string of the molecule is O=C(OC(=O)C(F)(F)F)c1c2c(nn1CCCNCCc1ccc(-c3cccc(Cl)c3)cc1)-c1ccncc1CC2. The first kappa shape index (κ1) is 28.5. The van der Waals surface area contributed by atoms with Crippen molar-refractivity contribution < 1.29 is 27.5 Å². The summed E-state index contributed by atoms with van der Waals surface area (Å²) in [6.45, 7) is 1.54. The lowest BCUT2D eigenvalue weighted by Crippen LogP contribution is -2.29. The van der Waals surface area contributed by atoms with Crippen molar-refractivity contribution in [2.75, 3.05) is 13.1 Å². The maximum Gasteiger partial charge on any atom is 0.491 e. The number of hydrogen-bond acceptors (Lipinski definition) is 6. The van der Waals surface area contributed by atoms with Crippen LogP contribution in [0, 0.1) is 0 Å². The standard InChI is InChI=1S/C30H26ClF3N4O3/c31-23-4-1-3-21(17-23)20-7-5-19(6-8-20)11-14-35-13-2-16-38-27(28(39)41-29(40)30(32,33)34)25-10-9-22-18-36-15-12-24(22)26(25)37-38/h1,3-8,12,15,17-18,35H,2,9-11,13-14,16H2. The number of ether oxygens (including phenoxy) is 1. The van der Waals surface area contributed by atoms with E-state index in [1.165, 1.54) is 4.68 Å². The number of esters is 2. The average molecular weight is 583 g/mol. The van der Waals surface area contributed by atoms with Gasteiger partial charge >= 0.3 is 18.1 Å². The van der Waals surface area contributed by atoms with Gasteiger partial charge in [0.2, 0.25) is 0 Å². The molecular weight excluding hydrogens is 557 g/mol. The Kier molecular flexibility index (Phi) is 8.51. The molecule has 0 radical (unpaired) electrons. The highest BCUT2D eigenvalue weighted by atomic mass is 35.5. The lowest BCUT2D eigenvalue weighted by atomic mass is 9.90. The molecule has 0 bridgehead atoms. The summed E-state index contributed by atoms with van der Waals surface area (Å²) >= 11 is 6.09. The molecule has 0 aliphatic heterocycles. The molecule has 1 aliphatic rings. The third-order valence-electron chi connectivity index (χ3n) is 6.89. The first-order valence-corrected chi connectivity index (χ1v) is 13.5. The van der Waals surface area contributed by atoms with Crippen molar-refractivity contribution >= 4 is 23.5 Å². The van der Waals surface area contributed by atoms with E-state index in [9.17, 15) is 22.8 Å². The minimum atomic E-state index is -5.28. The fourth-order valence-electron chi connectivity index (χ4n) is 4.89. The highest BCUT2D eigenvalue weighted by Gasteiger charge is 2.43. The molecule has 0 atom stereocenters. The van der Waals surface area contributed by atoms with Crippen LogP contribution in [0.25, 0.3) is 22.4 Å². The Labute approximate surface area is 239 Å². The van der Waals surface area contributed by atoms with E-state index >= 15 is 0 Å². The van der Waals surface area contributed by atoms with Crippen LogP contribution in [-0.4, -0.2) is 46.0 Å². The van der Waals surface area contributed by atoms with Gasteiger partial charge in [-0.1, -0.05) is 48.0 Å². The molecule has 0 saturated heterocycles. The highest BCUT2D eigenvalue weighted by molar-refractivity contribution is 6.30. The molecule has 0 amide bonds. The normalized spacial score (nSPS) is 12.5. The van der Waals surface area contributed by atoms with E-state index in [0.29, 0.717) is 48.6 Å². The van der Waals surface area contributed by atoms with Crippen LogP contribution >= 0.6 is 11.6 Å². The zero-order valence-corrected chi connectivity index (χ0v) is 22.6. The number of carbonyl (C=O) groups is 2. The largest absolute Gasteiger partial charge is 0.491 e. The number of rotatable bonds is 9. The second-order valence-corrected chi connectivity index (χ2v) is 10.1. The smallest absolute Gasteiger partial charge is 0.381 e. The lowest BCUT2D eigenvalue weighted by Gasteiger charge is -2.15. The molecule has 212 valence electrons. The zero-order chi connectivity index (χ0) is 29.0. The molecule has 0 saturated carbocycles. The predicted octanol–water partition coefficient (Wildman–Crippen LogP) is 5.83. The van der Waals surface area contributed by atoms with Crippen molar-refractivity contribution in [2.45, 2.75) is 38.4 Å². The number of pyridine rings is 1. The van der Waals surface area contributed by atoms with E-state index in [0.717, 1.165) is 34.2 Å². The van der Waals surface area contributed by atoms with Gasteiger partial charge in [-0.15, -0.1) is 0 Å². The number of nitrogens with zero attached hydrogens (tertiary/aromatic N) is 3. The summed E-state index contributed by atoms with van der Waals surface area (Å²) in [5, 5.41) is 8.58. The highest BCUT2D eigenvalue weighted by Crippen LogP contribution is 2.34. The van der Waals surface area contributed by atoms with E-state index in [4.69, 9.17) is 11.6 Å². The molecule has 0 unspecified atom stereocenters. The number of hydrogen-bond donors (Lipinski definition) is 1. The van der Waals surface area contributed by atoms with Crippen molar-refractivity contribution in [3.8, 4) is 22.4 Å². The first-order valence-electron chi connectivity index (χ1n) is 13.1. The fraction of sp³-hybridized carbons (Fsp3) is 0.267. The third kappa shape index (κ3) is 6.66. The van der Waals surface area contributed by atoms with Gasteiger partial charge < -0.3 is 10.1 Å². The Hall–Kier alpha value is -4.02. The van der Waals surface area contributed by atoms with E-state index < -0.39 is 18.1 Å². The number of aryl methyl sites for hydroxylation is 2. The van der Waals surface area contributed by atoms with Gasteiger partial charge in [0.1, 0.15) is 0 Å². The molecule has 0 fully saturated rings. The number of aromatic nitrogens is 3. The van der Waals surface area contributed by atoms with Crippen molar-refractivity contribution in [2.24, 2.45) is 0 Å². The van der Waals surface area contributed by atoms with Crippen LogP contribution in [0.1, 0.15) is 33.6 Å². The third-order valence-corrected chi connectivity index (χ3v) is 7.12. The van der Waals surface area contributed by atoms with E-state index in [2.05, 4.69) is 44.4 Å². The van der Waals surface area contributed by atoms with Gasteiger partial charge in [0.25, 0.3) is 0 Å². The minimum Gasteiger partial charge on any atom is -0.381 e. The fourth-order valence-corrected chi connectivity index (χ4v) is 5.08. The van der Waals surface area contributed by atoms with Gasteiger partial charge in [-0.25, -0.2) is 9.59 Å². The van der Waals surface area contributed by atoms with Gasteiger partial charge in [-0.05, 0) is 79.2 Å². The van der Waals surface area contributed by atoms with E-state index in [-0.39, 0.29) is 12.2 Å². The van der Waals surface area contributed by atoms with Gasteiger partial charge in [0.15, 0.2) is 5.69 Å². The van der Waals surface area contributed by atoms with Gasteiger partial charge in [-0.3, -0.25) is 9.67 Å². The van der Waals surface area contributed by atoms with Crippen molar-refractivity contribution in [3.05, 3.63) is 94.4 Å². The summed E-state index contributed by atoms with van der Waals surface area (Å²) in [5.41, 5.74) is 5.82. The van der Waals surface area contributed by atoms with Gasteiger partial charge in [-0.2, -0.15) is 18.3 Å². The number of fused-ring (bicyclic) bond motifs is 3. The monoisotopic (exact) mass is 582 g/mol. The van der Waals surface area contributed by atoms with Crippen molar-refractivity contribution in [1.29, 1.82) is 0 Å². The van der Waals surface area contributed by atoms with E-state index in [1.807, 2.05) is 24.3 Å². The molecule has 5 rings (SSSR count). The zero-order valence-electron chi connectivity index (χ0n) is 21.9. The second kappa shape index (κ2) is 12.2. The van der Waals surface area contributed by atoms with Gasteiger partial charge in [0.05, 0.1) is 5.69 Å². The molecule has 2 aromatic carbocycles. The molecule has 1 N–H and O–H groups in total. The Balaban J connectivity index is 1.20. The maximum absolute atomic E-state index is 12.8. The molecule has 0 spiro atoms. The number of benzene rings is 2. The van der Waals surface area contributed by atoms with Crippen LogP contribution in [-0.2, 0) is 35.3 Å². The lowest BCUT2D eigenvalue weighted by molar-refractivity contribution is -0.193. The van der Waals surface area contributed by atoms with Crippen LogP contribution in [0.5, 0.6) is 0 Å². The summed E-state index contributed by atoms with van der Waals surface area (Å²) in [5.74, 6) is -3.90. The quantitative estimate of drug-likeness (QED) is 0.152. The molecule has 11 heteroatoms. The number of nitrogens with one attached hydrogen (secondary N) is 1. The van der Waals surface area contributed by atoms with Crippen LogP contribution in [0.2, 0.25) is 5.02 Å². The van der Waals surface area contributed by atoms with E-state index in [1.54, 1.807) is 18.5 Å². The van der Waals surface area contributed by atoms with Gasteiger partial charge in [0, 0.05) is 35.1 Å². The Bertz CT molecular complexity index is 1570. The van der Waals surface area contributed by atoms with Crippen LogP contribution in [0.3, 0.4) is 0 Å².